The summed E-state index contributed by atoms with van der Waals surface area (Å²) < 4.78 is 28.1. The van der Waals surface area contributed by atoms with E-state index < -0.39 is 10.0 Å². The van der Waals surface area contributed by atoms with E-state index in [4.69, 9.17) is 11.6 Å². The van der Waals surface area contributed by atoms with E-state index >= 15 is 0 Å². The molecule has 4 nitrogen and oxygen atoms in total. The molecule has 29 heavy (non-hydrogen) atoms. The van der Waals surface area contributed by atoms with Gasteiger partial charge >= 0.3 is 0 Å². The fourth-order valence-corrected chi connectivity index (χ4v) is 5.16. The molecule has 0 radical (unpaired) electrons. The first-order valence-corrected chi connectivity index (χ1v) is 11.8. The Morgan fingerprint density at radius 1 is 0.966 bits per heavy atom. The molecule has 0 aliphatic heterocycles. The summed E-state index contributed by atoms with van der Waals surface area (Å²) >= 11 is 7.70. The van der Waals surface area contributed by atoms with Crippen molar-refractivity contribution in [3.05, 3.63) is 89.2 Å². The molecule has 0 aliphatic carbocycles. The Morgan fingerprint density at radius 2 is 1.72 bits per heavy atom. The highest BCUT2D eigenvalue weighted by molar-refractivity contribution is 7.98. The first-order valence-electron chi connectivity index (χ1n) is 8.80. The van der Waals surface area contributed by atoms with Crippen LogP contribution in [0.2, 0.25) is 5.02 Å². The lowest BCUT2D eigenvalue weighted by Gasteiger charge is -2.09. The Labute approximate surface area is 178 Å². The van der Waals surface area contributed by atoms with Crippen LogP contribution in [0.1, 0.15) is 11.4 Å². The summed E-state index contributed by atoms with van der Waals surface area (Å²) in [6, 6.07) is 21.4. The lowest BCUT2D eigenvalue weighted by atomic mass is 10.2. The lowest BCUT2D eigenvalue weighted by molar-refractivity contribution is 0.588. The number of hydrogen-bond donors (Lipinski definition) is 0. The standard InChI is InChI=1S/C22H17ClN2O2S2/c1-28-18-12-9-16(10-13-18)11-14-22-24-20-7-2-3-8-21(20)25(22)29(26,27)19-6-4-5-17(23)15-19/h2-15H,1H3/b14-11+. The van der Waals surface area contributed by atoms with Crippen LogP contribution in [0, 0.1) is 0 Å². The van der Waals surface area contributed by atoms with Crippen LogP contribution >= 0.6 is 23.4 Å². The van der Waals surface area contributed by atoms with E-state index in [1.54, 1.807) is 48.2 Å². The number of rotatable bonds is 5. The first-order chi connectivity index (χ1) is 14.0. The second-order valence-electron chi connectivity index (χ2n) is 6.29. The van der Waals surface area contributed by atoms with Crippen LogP contribution in [-0.4, -0.2) is 23.6 Å². The van der Waals surface area contributed by atoms with E-state index in [9.17, 15) is 8.42 Å². The van der Waals surface area contributed by atoms with Crippen molar-refractivity contribution in [1.82, 2.24) is 8.96 Å². The van der Waals surface area contributed by atoms with Crippen LogP contribution < -0.4 is 0 Å². The van der Waals surface area contributed by atoms with Gasteiger partial charge in [0, 0.05) is 9.92 Å². The molecule has 0 bridgehead atoms. The van der Waals surface area contributed by atoms with Crippen molar-refractivity contribution in [3.8, 4) is 0 Å². The molecule has 1 heterocycles. The minimum atomic E-state index is -3.88. The van der Waals surface area contributed by atoms with Gasteiger partial charge in [-0.05, 0) is 60.4 Å². The predicted molar refractivity (Wildman–Crippen MR) is 121 cm³/mol. The zero-order chi connectivity index (χ0) is 20.4. The second kappa shape index (κ2) is 8.06. The summed E-state index contributed by atoms with van der Waals surface area (Å²) in [5, 5.41) is 0.362. The summed E-state index contributed by atoms with van der Waals surface area (Å²) in [5.41, 5.74) is 2.09. The molecule has 4 rings (SSSR count). The van der Waals surface area contributed by atoms with E-state index in [1.165, 1.54) is 16.1 Å². The number of hydrogen-bond acceptors (Lipinski definition) is 4. The maximum atomic E-state index is 13.4. The second-order valence-corrected chi connectivity index (χ2v) is 9.39. The number of benzene rings is 3. The van der Waals surface area contributed by atoms with E-state index in [0.717, 1.165) is 10.5 Å². The van der Waals surface area contributed by atoms with Crippen LogP contribution in [-0.2, 0) is 10.0 Å². The summed E-state index contributed by atoms with van der Waals surface area (Å²) in [6.45, 7) is 0. The fraction of sp³-hybridized carbons (Fsp3) is 0.0455. The molecule has 0 saturated carbocycles. The van der Waals surface area contributed by atoms with Crippen molar-refractivity contribution in [1.29, 1.82) is 0 Å². The van der Waals surface area contributed by atoms with Crippen molar-refractivity contribution >= 4 is 56.6 Å². The highest BCUT2D eigenvalue weighted by Crippen LogP contribution is 2.26. The number of nitrogens with zero attached hydrogens (tertiary/aromatic N) is 2. The molecule has 0 aliphatic rings. The van der Waals surface area contributed by atoms with Crippen LogP contribution in [0.5, 0.6) is 0 Å². The molecule has 0 fully saturated rings. The molecule has 1 aromatic heterocycles. The third-order valence-electron chi connectivity index (χ3n) is 4.42. The Bertz CT molecular complexity index is 1310. The Kier molecular flexibility index (Phi) is 5.50. The third-order valence-corrected chi connectivity index (χ3v) is 7.11. The van der Waals surface area contributed by atoms with E-state index in [-0.39, 0.29) is 4.90 Å². The maximum absolute atomic E-state index is 13.4. The zero-order valence-corrected chi connectivity index (χ0v) is 17.9. The smallest absolute Gasteiger partial charge is 0.228 e. The highest BCUT2D eigenvalue weighted by Gasteiger charge is 2.23. The monoisotopic (exact) mass is 440 g/mol. The molecule has 4 aromatic rings. The van der Waals surface area contributed by atoms with Crippen LogP contribution in [0.15, 0.2) is 82.6 Å². The SMILES string of the molecule is CSc1ccc(/C=C/c2nc3ccccc3n2S(=O)(=O)c2cccc(Cl)c2)cc1. The highest BCUT2D eigenvalue weighted by atomic mass is 35.5. The number of halogens is 1. The van der Waals surface area contributed by atoms with E-state index in [2.05, 4.69) is 4.98 Å². The van der Waals surface area contributed by atoms with E-state index in [1.807, 2.05) is 42.7 Å². The molecule has 0 N–H and O–H groups in total. The van der Waals surface area contributed by atoms with Gasteiger partial charge < -0.3 is 0 Å². The van der Waals surface area contributed by atoms with Crippen LogP contribution in [0.3, 0.4) is 0 Å². The van der Waals surface area contributed by atoms with Crippen molar-refractivity contribution in [2.75, 3.05) is 6.26 Å². The number of para-hydroxylation sites is 2. The quantitative estimate of drug-likeness (QED) is 0.367. The van der Waals surface area contributed by atoms with Gasteiger partial charge in [-0.15, -0.1) is 11.8 Å². The molecule has 0 spiro atoms. The van der Waals surface area contributed by atoms with Gasteiger partial charge in [0.2, 0.25) is 0 Å². The van der Waals surface area contributed by atoms with Gasteiger partial charge in [0.1, 0.15) is 5.82 Å². The molecular formula is C22H17ClN2O2S2. The number of fused-ring (bicyclic) bond motifs is 1. The largest absolute Gasteiger partial charge is 0.270 e. The minimum absolute atomic E-state index is 0.118. The van der Waals surface area contributed by atoms with Crippen molar-refractivity contribution in [3.63, 3.8) is 0 Å². The number of thioether (sulfide) groups is 1. The summed E-state index contributed by atoms with van der Waals surface area (Å²) in [6.07, 6.45) is 5.60. The molecular weight excluding hydrogens is 424 g/mol. The summed E-state index contributed by atoms with van der Waals surface area (Å²) in [4.78, 5) is 5.82. The average Bonchev–Trinajstić information content (AvgIpc) is 3.12. The first kappa shape index (κ1) is 19.8. The maximum Gasteiger partial charge on any atom is 0.270 e. The van der Waals surface area contributed by atoms with Gasteiger partial charge in [0.05, 0.1) is 15.9 Å². The average molecular weight is 441 g/mol. The topological polar surface area (TPSA) is 52.0 Å². The molecule has 146 valence electrons. The fourth-order valence-electron chi connectivity index (χ4n) is 3.00. The Hall–Kier alpha value is -2.54. The zero-order valence-electron chi connectivity index (χ0n) is 15.5. The normalized spacial score (nSPS) is 12.1. The summed E-state index contributed by atoms with van der Waals surface area (Å²) in [7, 11) is -3.88. The third kappa shape index (κ3) is 3.96. The minimum Gasteiger partial charge on any atom is -0.228 e. The molecule has 0 saturated heterocycles. The van der Waals surface area contributed by atoms with Gasteiger partial charge in [-0.1, -0.05) is 48.0 Å². The van der Waals surface area contributed by atoms with Crippen LogP contribution in [0.4, 0.5) is 0 Å². The van der Waals surface area contributed by atoms with Crippen molar-refractivity contribution < 1.29 is 8.42 Å². The van der Waals surface area contributed by atoms with Gasteiger partial charge in [0.15, 0.2) is 0 Å². The van der Waals surface area contributed by atoms with Gasteiger partial charge in [-0.2, -0.15) is 0 Å². The Balaban J connectivity index is 1.86. The van der Waals surface area contributed by atoms with Gasteiger partial charge in [0.25, 0.3) is 10.0 Å². The lowest BCUT2D eigenvalue weighted by Crippen LogP contribution is -2.14. The van der Waals surface area contributed by atoms with Crippen LogP contribution in [0.25, 0.3) is 23.2 Å². The van der Waals surface area contributed by atoms with Crippen molar-refractivity contribution in [2.24, 2.45) is 0 Å². The molecule has 7 heteroatoms. The van der Waals surface area contributed by atoms with Crippen molar-refractivity contribution in [2.45, 2.75) is 9.79 Å². The van der Waals surface area contributed by atoms with Gasteiger partial charge in [-0.25, -0.2) is 17.4 Å². The molecule has 0 amide bonds. The van der Waals surface area contributed by atoms with E-state index in [0.29, 0.717) is 21.9 Å². The Morgan fingerprint density at radius 3 is 2.45 bits per heavy atom. The molecule has 3 aromatic carbocycles. The number of imidazole rings is 1. The molecule has 0 unspecified atom stereocenters. The summed E-state index contributed by atoms with van der Waals surface area (Å²) in [5.74, 6) is 0.333. The number of aromatic nitrogens is 2. The predicted octanol–water partition coefficient (Wildman–Crippen LogP) is 5.82. The van der Waals surface area contributed by atoms with Gasteiger partial charge in [-0.3, -0.25) is 0 Å². The molecule has 0 atom stereocenters.